The van der Waals surface area contributed by atoms with Gasteiger partial charge in [0.25, 0.3) is 11.8 Å². The van der Waals surface area contributed by atoms with Crippen LogP contribution in [0.2, 0.25) is 5.02 Å². The van der Waals surface area contributed by atoms with Gasteiger partial charge in [0.05, 0.1) is 12.8 Å². The van der Waals surface area contributed by atoms with Crippen LogP contribution < -0.4 is 10.1 Å². The van der Waals surface area contributed by atoms with Crippen molar-refractivity contribution in [3.63, 3.8) is 0 Å². The molecule has 0 saturated carbocycles. The summed E-state index contributed by atoms with van der Waals surface area (Å²) >= 11 is 5.91. The number of nitrogens with one attached hydrogen (secondary N) is 1. The fourth-order valence-corrected chi connectivity index (χ4v) is 3.28. The summed E-state index contributed by atoms with van der Waals surface area (Å²) < 4.78 is 5.15. The van der Waals surface area contributed by atoms with E-state index in [1.54, 1.807) is 18.2 Å². The first-order chi connectivity index (χ1) is 12.4. The highest BCUT2D eigenvalue weighted by Gasteiger charge is 2.28. The lowest BCUT2D eigenvalue weighted by atomic mass is 9.97. The van der Waals surface area contributed by atoms with Crippen LogP contribution in [-0.2, 0) is 14.4 Å². The molecule has 2 amide bonds. The highest BCUT2D eigenvalue weighted by Crippen LogP contribution is 2.27. The van der Waals surface area contributed by atoms with Gasteiger partial charge in [-0.05, 0) is 51.3 Å². The minimum Gasteiger partial charge on any atom is -0.495 e. The number of oxime groups is 1. The first kappa shape index (κ1) is 20.0. The molecule has 0 aliphatic carbocycles. The van der Waals surface area contributed by atoms with Gasteiger partial charge in [-0.25, -0.2) is 0 Å². The van der Waals surface area contributed by atoms with Crippen molar-refractivity contribution in [1.29, 1.82) is 0 Å². The Labute approximate surface area is 158 Å². The summed E-state index contributed by atoms with van der Waals surface area (Å²) in [6, 6.07) is 5.25. The number of benzene rings is 1. The lowest BCUT2D eigenvalue weighted by Crippen LogP contribution is -2.48. The van der Waals surface area contributed by atoms with Crippen LogP contribution >= 0.6 is 11.6 Å². The maximum absolute atomic E-state index is 12.3. The summed E-state index contributed by atoms with van der Waals surface area (Å²) in [5.41, 5.74) is 0.420. The fraction of sp³-hybridized carbons (Fsp3) is 0.500. The lowest BCUT2D eigenvalue weighted by Gasteiger charge is -2.38. The minimum absolute atomic E-state index is 0.126. The number of hydrogen-bond donors (Lipinski definition) is 1. The van der Waals surface area contributed by atoms with E-state index < -0.39 is 5.91 Å². The normalized spacial score (nSPS) is 20.1. The van der Waals surface area contributed by atoms with Gasteiger partial charge in [0, 0.05) is 17.1 Å². The van der Waals surface area contributed by atoms with Gasteiger partial charge < -0.3 is 19.8 Å². The molecule has 1 aliphatic rings. The molecule has 0 bridgehead atoms. The molecule has 1 aliphatic heterocycles. The van der Waals surface area contributed by atoms with E-state index in [-0.39, 0.29) is 24.6 Å². The quantitative estimate of drug-likeness (QED) is 0.606. The molecule has 1 aromatic carbocycles. The van der Waals surface area contributed by atoms with E-state index in [4.69, 9.17) is 21.2 Å². The van der Waals surface area contributed by atoms with Crippen LogP contribution in [0.25, 0.3) is 0 Å². The smallest absolute Gasteiger partial charge is 0.270 e. The Morgan fingerprint density at radius 1 is 1.35 bits per heavy atom. The third-order valence-corrected chi connectivity index (χ3v) is 4.57. The second-order valence-electron chi connectivity index (χ2n) is 6.27. The Bertz CT molecular complexity index is 670. The number of carbonyl (C=O) groups is 2. The van der Waals surface area contributed by atoms with E-state index in [1.807, 2.05) is 18.7 Å². The number of likely N-dealkylation sites (tertiary alicyclic amines) is 1. The number of ether oxygens (including phenoxy) is 1. The van der Waals surface area contributed by atoms with E-state index in [1.165, 1.54) is 7.11 Å². The molecular weight excluding hydrogens is 358 g/mol. The summed E-state index contributed by atoms with van der Waals surface area (Å²) in [6.45, 7) is 3.87. The van der Waals surface area contributed by atoms with Crippen molar-refractivity contribution in [3.05, 3.63) is 23.2 Å². The molecule has 1 fully saturated rings. The topological polar surface area (TPSA) is 80.2 Å². The first-order valence-electron chi connectivity index (χ1n) is 8.53. The van der Waals surface area contributed by atoms with Crippen LogP contribution in [0.15, 0.2) is 23.4 Å². The molecule has 0 radical (unpaired) electrons. The number of halogens is 1. The van der Waals surface area contributed by atoms with Gasteiger partial charge in [0.15, 0.2) is 6.61 Å². The van der Waals surface area contributed by atoms with Crippen molar-refractivity contribution in [1.82, 2.24) is 4.90 Å². The van der Waals surface area contributed by atoms with E-state index in [2.05, 4.69) is 10.5 Å². The van der Waals surface area contributed by atoms with Gasteiger partial charge in [-0.2, -0.15) is 0 Å². The fourth-order valence-electron chi connectivity index (χ4n) is 3.11. The molecule has 0 spiro atoms. The third kappa shape index (κ3) is 5.36. The van der Waals surface area contributed by atoms with Gasteiger partial charge in [0.2, 0.25) is 0 Å². The van der Waals surface area contributed by atoms with Gasteiger partial charge in [0.1, 0.15) is 12.0 Å². The first-order valence-corrected chi connectivity index (χ1v) is 8.91. The highest BCUT2D eigenvalue weighted by molar-refractivity contribution is 6.33. The monoisotopic (exact) mass is 381 g/mol. The predicted molar refractivity (Wildman–Crippen MR) is 101 cm³/mol. The zero-order valence-corrected chi connectivity index (χ0v) is 16.0. The van der Waals surface area contributed by atoms with Crippen molar-refractivity contribution in [3.8, 4) is 5.75 Å². The van der Waals surface area contributed by atoms with Gasteiger partial charge in [-0.15, -0.1) is 0 Å². The summed E-state index contributed by atoms with van der Waals surface area (Å²) in [7, 11) is 1.49. The average molecular weight is 382 g/mol. The minimum atomic E-state index is -0.516. The number of amides is 2. The number of nitrogens with zero attached hydrogens (tertiary/aromatic N) is 2. The molecule has 26 heavy (non-hydrogen) atoms. The number of piperidine rings is 1. The zero-order valence-electron chi connectivity index (χ0n) is 15.2. The Morgan fingerprint density at radius 3 is 2.69 bits per heavy atom. The zero-order chi connectivity index (χ0) is 19.1. The Balaban J connectivity index is 1.84. The van der Waals surface area contributed by atoms with Crippen LogP contribution in [0.1, 0.15) is 33.1 Å². The second kappa shape index (κ2) is 9.43. The van der Waals surface area contributed by atoms with E-state index >= 15 is 0 Å². The molecule has 1 heterocycles. The van der Waals surface area contributed by atoms with Crippen molar-refractivity contribution in [2.45, 2.75) is 45.2 Å². The molecule has 7 nitrogen and oxygen atoms in total. The summed E-state index contributed by atoms with van der Waals surface area (Å²) in [5.74, 6) is -0.170. The highest BCUT2D eigenvalue weighted by atomic mass is 35.5. The van der Waals surface area contributed by atoms with E-state index in [9.17, 15) is 9.59 Å². The van der Waals surface area contributed by atoms with Crippen LogP contribution in [-0.4, -0.2) is 48.7 Å². The van der Waals surface area contributed by atoms with Crippen molar-refractivity contribution >= 4 is 35.3 Å². The summed E-state index contributed by atoms with van der Waals surface area (Å²) in [6.07, 6.45) is 4.07. The predicted octanol–water partition coefficient (Wildman–Crippen LogP) is 3.08. The van der Waals surface area contributed by atoms with Gasteiger partial charge in [-0.1, -0.05) is 16.8 Å². The molecule has 0 aromatic heterocycles. The van der Waals surface area contributed by atoms with Crippen molar-refractivity contribution < 1.29 is 19.2 Å². The Morgan fingerprint density at radius 2 is 2.04 bits per heavy atom. The SMILES string of the molecule is COc1ccc(Cl)cc1NC(=O)/C=N\OCC(=O)N1[C@@H](C)CCC[C@@H]1C. The number of carbonyl (C=O) groups excluding carboxylic acids is 2. The molecule has 2 rings (SSSR count). The number of hydrogen-bond acceptors (Lipinski definition) is 5. The second-order valence-corrected chi connectivity index (χ2v) is 6.71. The largest absolute Gasteiger partial charge is 0.495 e. The summed E-state index contributed by atoms with van der Waals surface area (Å²) in [5, 5.41) is 6.63. The molecule has 1 saturated heterocycles. The molecule has 1 aromatic rings. The van der Waals surface area contributed by atoms with E-state index in [0.29, 0.717) is 16.5 Å². The van der Waals surface area contributed by atoms with Gasteiger partial charge >= 0.3 is 0 Å². The van der Waals surface area contributed by atoms with Crippen LogP contribution in [0.5, 0.6) is 5.75 Å². The van der Waals surface area contributed by atoms with E-state index in [0.717, 1.165) is 25.5 Å². The van der Waals surface area contributed by atoms with Crippen LogP contribution in [0.3, 0.4) is 0 Å². The number of rotatable bonds is 6. The molecule has 142 valence electrons. The van der Waals surface area contributed by atoms with Crippen LogP contribution in [0, 0.1) is 0 Å². The molecule has 1 N–H and O–H groups in total. The van der Waals surface area contributed by atoms with Crippen molar-refractivity contribution in [2.24, 2.45) is 5.16 Å². The Kier molecular flexibility index (Phi) is 7.26. The average Bonchev–Trinajstić information content (AvgIpc) is 2.59. The molecule has 2 atom stereocenters. The summed E-state index contributed by atoms with van der Waals surface area (Å²) in [4.78, 5) is 31.0. The molecule has 8 heteroatoms. The lowest BCUT2D eigenvalue weighted by molar-refractivity contribution is -0.142. The number of anilines is 1. The standard InChI is InChI=1S/C18H24ClN3O4/c1-12-5-4-6-13(2)22(12)18(24)11-26-20-10-17(23)21-15-9-14(19)7-8-16(15)25-3/h7-10,12-13H,4-6,11H2,1-3H3,(H,21,23)/b20-10-/t12-,13-/m0/s1. The third-order valence-electron chi connectivity index (χ3n) is 4.33. The van der Waals surface area contributed by atoms with Crippen molar-refractivity contribution in [2.75, 3.05) is 19.0 Å². The van der Waals surface area contributed by atoms with Gasteiger partial charge in [-0.3, -0.25) is 9.59 Å². The number of methoxy groups -OCH3 is 1. The Hall–Kier alpha value is -2.28. The molecular formula is C18H24ClN3O4. The molecule has 0 unspecified atom stereocenters. The maximum Gasteiger partial charge on any atom is 0.270 e. The van der Waals surface area contributed by atoms with Crippen LogP contribution in [0.4, 0.5) is 5.69 Å². The maximum atomic E-state index is 12.3.